The molecular weight excluding hydrogens is 268 g/mol. The highest BCUT2D eigenvalue weighted by atomic mass is 32.2. The van der Waals surface area contributed by atoms with E-state index in [-0.39, 0.29) is 43.3 Å². The van der Waals surface area contributed by atoms with Crippen molar-refractivity contribution in [2.75, 3.05) is 24.6 Å². The number of carboxylic acid groups (broad SMARTS) is 1. The van der Waals surface area contributed by atoms with Gasteiger partial charge in [-0.25, -0.2) is 0 Å². The Labute approximate surface area is 116 Å². The molecule has 8 heteroatoms. The number of nitrogens with two attached hydrogens (primary N) is 1. The molecule has 0 unspecified atom stereocenters. The lowest BCUT2D eigenvalue weighted by Crippen LogP contribution is -2.36. The van der Waals surface area contributed by atoms with Gasteiger partial charge in [0.2, 0.25) is 5.91 Å². The van der Waals surface area contributed by atoms with Crippen LogP contribution < -0.4 is 5.73 Å². The molecule has 0 aliphatic rings. The highest BCUT2D eigenvalue weighted by molar-refractivity contribution is 8.00. The molecule has 0 saturated heterocycles. The molecule has 0 saturated carbocycles. The van der Waals surface area contributed by atoms with Crippen molar-refractivity contribution in [1.29, 1.82) is 10.5 Å². The number of aliphatic carboxylic acids is 1. The summed E-state index contributed by atoms with van der Waals surface area (Å²) in [5, 5.41) is 25.6. The van der Waals surface area contributed by atoms with Crippen LogP contribution >= 0.6 is 11.8 Å². The Morgan fingerprint density at radius 2 is 1.79 bits per heavy atom. The minimum atomic E-state index is -1.11. The number of carbonyl (C=O) groups is 2. The quantitative estimate of drug-likeness (QED) is 0.598. The fourth-order valence-corrected chi connectivity index (χ4v) is 2.04. The molecule has 0 heterocycles. The molecular formula is C11H16N4O3S. The van der Waals surface area contributed by atoms with E-state index in [2.05, 4.69) is 0 Å². The molecule has 0 rings (SSSR count). The van der Waals surface area contributed by atoms with Gasteiger partial charge in [0.25, 0.3) is 0 Å². The van der Waals surface area contributed by atoms with Crippen molar-refractivity contribution in [1.82, 2.24) is 4.90 Å². The second-order valence-electron chi connectivity index (χ2n) is 3.66. The predicted octanol–water partition coefficient (Wildman–Crippen LogP) is -0.213. The third-order valence-corrected chi connectivity index (χ3v) is 3.23. The van der Waals surface area contributed by atoms with Crippen LogP contribution in [-0.2, 0) is 9.59 Å². The zero-order valence-corrected chi connectivity index (χ0v) is 11.2. The van der Waals surface area contributed by atoms with Gasteiger partial charge in [-0.2, -0.15) is 10.5 Å². The number of hydrogen-bond acceptors (Lipinski definition) is 6. The van der Waals surface area contributed by atoms with Gasteiger partial charge in [-0.3, -0.25) is 9.59 Å². The second-order valence-corrected chi connectivity index (χ2v) is 4.69. The summed E-state index contributed by atoms with van der Waals surface area (Å²) in [6.45, 7) is 0.561. The Balaban J connectivity index is 4.13. The lowest BCUT2D eigenvalue weighted by atomic mass is 10.3. The van der Waals surface area contributed by atoms with Crippen molar-refractivity contribution in [3.63, 3.8) is 0 Å². The monoisotopic (exact) mass is 284 g/mol. The molecule has 0 aromatic carbocycles. The standard InChI is InChI=1S/C11H16N4O3S/c12-3-1-5-15(6-2-4-13)10(16)8-19-7-9(14)11(17)18/h9H,1-2,5-8,14H2,(H,17,18)/t9-/m1/s1. The normalized spacial score (nSPS) is 11.1. The maximum absolute atomic E-state index is 11.8. The Hall–Kier alpha value is -1.77. The van der Waals surface area contributed by atoms with Crippen molar-refractivity contribution >= 4 is 23.6 Å². The van der Waals surface area contributed by atoms with Gasteiger partial charge in [-0.1, -0.05) is 0 Å². The van der Waals surface area contributed by atoms with Crippen LogP contribution in [-0.4, -0.2) is 52.5 Å². The molecule has 1 amide bonds. The summed E-state index contributed by atoms with van der Waals surface area (Å²) < 4.78 is 0. The van der Waals surface area contributed by atoms with Crippen LogP contribution in [0.5, 0.6) is 0 Å². The van der Waals surface area contributed by atoms with E-state index < -0.39 is 12.0 Å². The number of thioether (sulfide) groups is 1. The molecule has 0 spiro atoms. The Kier molecular flexibility index (Phi) is 9.23. The average Bonchev–Trinajstić information content (AvgIpc) is 2.38. The van der Waals surface area contributed by atoms with Gasteiger partial charge in [0, 0.05) is 18.8 Å². The van der Waals surface area contributed by atoms with E-state index in [1.165, 1.54) is 4.90 Å². The van der Waals surface area contributed by atoms with Gasteiger partial charge in [0.1, 0.15) is 6.04 Å². The Bertz CT molecular complexity index is 370. The summed E-state index contributed by atoms with van der Waals surface area (Å²) in [4.78, 5) is 23.7. The maximum atomic E-state index is 11.8. The predicted molar refractivity (Wildman–Crippen MR) is 70.0 cm³/mol. The minimum absolute atomic E-state index is 0.0951. The van der Waals surface area contributed by atoms with Crippen LogP contribution in [0.15, 0.2) is 0 Å². The lowest BCUT2D eigenvalue weighted by molar-refractivity contribution is -0.138. The smallest absolute Gasteiger partial charge is 0.321 e. The van der Waals surface area contributed by atoms with E-state index in [1.54, 1.807) is 0 Å². The van der Waals surface area contributed by atoms with Crippen LogP contribution in [0.1, 0.15) is 12.8 Å². The Morgan fingerprint density at radius 3 is 2.21 bits per heavy atom. The molecule has 0 aliphatic heterocycles. The SMILES string of the molecule is N#CCCN(CCC#N)C(=O)CSC[C@@H](N)C(=O)O. The number of carbonyl (C=O) groups excluding carboxylic acids is 1. The first-order valence-electron chi connectivity index (χ1n) is 5.60. The summed E-state index contributed by atoms with van der Waals surface area (Å²) in [6, 6.07) is 2.88. The number of rotatable bonds is 9. The fraction of sp³-hybridized carbons (Fsp3) is 0.636. The summed E-state index contributed by atoms with van der Waals surface area (Å²) in [5.74, 6) is -1.08. The number of carboxylic acids is 1. The zero-order valence-electron chi connectivity index (χ0n) is 10.4. The molecule has 19 heavy (non-hydrogen) atoms. The van der Waals surface area contributed by atoms with Crippen LogP contribution in [0.25, 0.3) is 0 Å². The van der Waals surface area contributed by atoms with Crippen LogP contribution in [0.4, 0.5) is 0 Å². The van der Waals surface area contributed by atoms with E-state index in [4.69, 9.17) is 21.4 Å². The summed E-state index contributed by atoms with van der Waals surface area (Å²) in [5.41, 5.74) is 5.31. The summed E-state index contributed by atoms with van der Waals surface area (Å²) >= 11 is 1.13. The van der Waals surface area contributed by atoms with E-state index in [1.807, 2.05) is 12.1 Å². The van der Waals surface area contributed by atoms with Gasteiger partial charge < -0.3 is 15.7 Å². The highest BCUT2D eigenvalue weighted by Gasteiger charge is 2.15. The number of hydrogen-bond donors (Lipinski definition) is 2. The van der Waals surface area contributed by atoms with Gasteiger partial charge in [0.05, 0.1) is 30.7 Å². The third kappa shape index (κ3) is 8.03. The topological polar surface area (TPSA) is 131 Å². The second kappa shape index (κ2) is 10.2. The van der Waals surface area contributed by atoms with Gasteiger partial charge in [-0.15, -0.1) is 11.8 Å². The van der Waals surface area contributed by atoms with E-state index >= 15 is 0 Å². The molecule has 104 valence electrons. The molecule has 0 aromatic heterocycles. The first-order valence-corrected chi connectivity index (χ1v) is 6.76. The zero-order chi connectivity index (χ0) is 14.7. The van der Waals surface area contributed by atoms with Gasteiger partial charge in [-0.05, 0) is 0 Å². The van der Waals surface area contributed by atoms with Crippen molar-refractivity contribution in [3.8, 4) is 12.1 Å². The number of nitrogens with zero attached hydrogens (tertiary/aromatic N) is 3. The van der Waals surface area contributed by atoms with Crippen molar-refractivity contribution in [2.45, 2.75) is 18.9 Å². The Morgan fingerprint density at radius 1 is 1.26 bits per heavy atom. The first-order chi connectivity index (χ1) is 9.02. The van der Waals surface area contributed by atoms with Crippen molar-refractivity contribution in [2.24, 2.45) is 5.73 Å². The van der Waals surface area contributed by atoms with Gasteiger partial charge in [0.15, 0.2) is 0 Å². The third-order valence-electron chi connectivity index (χ3n) is 2.18. The van der Waals surface area contributed by atoms with Crippen LogP contribution in [0.2, 0.25) is 0 Å². The molecule has 0 aromatic rings. The molecule has 0 fully saturated rings. The fourth-order valence-electron chi connectivity index (χ4n) is 1.17. The first kappa shape index (κ1) is 17.2. The van der Waals surface area contributed by atoms with Crippen LogP contribution in [0, 0.1) is 22.7 Å². The largest absolute Gasteiger partial charge is 0.480 e. The minimum Gasteiger partial charge on any atom is -0.480 e. The van der Waals surface area contributed by atoms with E-state index in [9.17, 15) is 9.59 Å². The molecule has 0 radical (unpaired) electrons. The summed E-state index contributed by atoms with van der Waals surface area (Å²) in [6.07, 6.45) is 0.410. The molecule has 1 atom stereocenters. The average molecular weight is 284 g/mol. The number of amides is 1. The summed E-state index contributed by atoms with van der Waals surface area (Å²) in [7, 11) is 0. The van der Waals surface area contributed by atoms with Crippen molar-refractivity contribution in [3.05, 3.63) is 0 Å². The highest BCUT2D eigenvalue weighted by Crippen LogP contribution is 2.06. The van der Waals surface area contributed by atoms with E-state index in [0.29, 0.717) is 0 Å². The maximum Gasteiger partial charge on any atom is 0.321 e. The lowest BCUT2D eigenvalue weighted by Gasteiger charge is -2.20. The molecule has 0 aliphatic carbocycles. The van der Waals surface area contributed by atoms with E-state index in [0.717, 1.165) is 11.8 Å². The van der Waals surface area contributed by atoms with Crippen molar-refractivity contribution < 1.29 is 14.7 Å². The molecule has 3 N–H and O–H groups in total. The van der Waals surface area contributed by atoms with Crippen LogP contribution in [0.3, 0.4) is 0 Å². The molecule has 0 bridgehead atoms. The molecule has 7 nitrogen and oxygen atoms in total. The van der Waals surface area contributed by atoms with Gasteiger partial charge >= 0.3 is 5.97 Å². The number of nitriles is 2.